The van der Waals surface area contributed by atoms with Gasteiger partial charge in [0, 0.05) is 34.8 Å². The van der Waals surface area contributed by atoms with Crippen LogP contribution in [0.25, 0.3) is 5.57 Å². The maximum absolute atomic E-state index is 12.9. The highest BCUT2D eigenvalue weighted by molar-refractivity contribution is 7.99. The standard InChI is InChI=1S/C17H17Cl2F2N5S/c1-9(12-6-11(18)4-5-13(12)19)7-23-10(2)8-27-17-25-15(14(20)21)24-16(22-3)26-17/h4-7,14H,8H2,1-3H3,(H,22,24,25,26)/b9-7+,23-10?. The van der Waals surface area contributed by atoms with Crippen LogP contribution in [0.4, 0.5) is 14.7 Å². The molecule has 1 heterocycles. The summed E-state index contributed by atoms with van der Waals surface area (Å²) in [4.78, 5) is 15.8. The van der Waals surface area contributed by atoms with Gasteiger partial charge in [-0.1, -0.05) is 35.0 Å². The number of hydrogen-bond donors (Lipinski definition) is 1. The zero-order valence-electron chi connectivity index (χ0n) is 14.8. The third kappa shape index (κ3) is 6.41. The quantitative estimate of drug-likeness (QED) is 0.445. The Labute approximate surface area is 170 Å². The van der Waals surface area contributed by atoms with E-state index in [2.05, 4.69) is 25.3 Å². The van der Waals surface area contributed by atoms with E-state index in [9.17, 15) is 8.78 Å². The molecule has 0 spiro atoms. The number of thioether (sulfide) groups is 1. The Kier molecular flexibility index (Phi) is 7.94. The monoisotopic (exact) mass is 431 g/mol. The molecule has 0 atom stereocenters. The molecule has 0 bridgehead atoms. The van der Waals surface area contributed by atoms with Crippen molar-refractivity contribution in [2.24, 2.45) is 4.99 Å². The molecule has 0 aliphatic rings. The van der Waals surface area contributed by atoms with Crippen LogP contribution in [-0.2, 0) is 0 Å². The number of hydrogen-bond acceptors (Lipinski definition) is 6. The lowest BCUT2D eigenvalue weighted by atomic mass is 10.1. The molecule has 0 saturated heterocycles. The normalized spacial score (nSPS) is 12.6. The van der Waals surface area contributed by atoms with E-state index in [-0.39, 0.29) is 11.1 Å². The average molecular weight is 432 g/mol. The van der Waals surface area contributed by atoms with Crippen LogP contribution in [-0.4, -0.2) is 33.5 Å². The summed E-state index contributed by atoms with van der Waals surface area (Å²) in [5.74, 6) is -0.0235. The lowest BCUT2D eigenvalue weighted by Gasteiger charge is -2.06. The maximum atomic E-state index is 12.9. The molecule has 1 aromatic carbocycles. The minimum absolute atomic E-state index is 0.101. The number of aromatic nitrogens is 3. The fourth-order valence-electron chi connectivity index (χ4n) is 1.93. The van der Waals surface area contributed by atoms with Crippen molar-refractivity contribution < 1.29 is 8.78 Å². The molecular weight excluding hydrogens is 415 g/mol. The van der Waals surface area contributed by atoms with Crippen molar-refractivity contribution >= 4 is 52.2 Å². The minimum atomic E-state index is -2.76. The number of nitrogens with zero attached hydrogens (tertiary/aromatic N) is 4. The number of alkyl halides is 2. The zero-order valence-corrected chi connectivity index (χ0v) is 17.1. The van der Waals surface area contributed by atoms with Gasteiger partial charge in [0.1, 0.15) is 0 Å². The van der Waals surface area contributed by atoms with Crippen LogP contribution in [0, 0.1) is 0 Å². The lowest BCUT2D eigenvalue weighted by Crippen LogP contribution is -2.06. The molecule has 2 rings (SSSR count). The van der Waals surface area contributed by atoms with Gasteiger partial charge in [0.2, 0.25) is 11.8 Å². The third-order valence-electron chi connectivity index (χ3n) is 3.29. The molecule has 0 aliphatic heterocycles. The number of aliphatic imine (C=N–C) groups is 1. The van der Waals surface area contributed by atoms with E-state index < -0.39 is 12.2 Å². The predicted molar refractivity (Wildman–Crippen MR) is 108 cm³/mol. The van der Waals surface area contributed by atoms with Crippen molar-refractivity contribution in [1.29, 1.82) is 0 Å². The minimum Gasteiger partial charge on any atom is -0.357 e. The first-order chi connectivity index (χ1) is 12.8. The van der Waals surface area contributed by atoms with Crippen LogP contribution in [0.5, 0.6) is 0 Å². The van der Waals surface area contributed by atoms with Gasteiger partial charge in [-0.25, -0.2) is 13.8 Å². The van der Waals surface area contributed by atoms with E-state index in [0.717, 1.165) is 16.8 Å². The number of benzene rings is 1. The van der Waals surface area contributed by atoms with Crippen molar-refractivity contribution in [3.63, 3.8) is 0 Å². The summed E-state index contributed by atoms with van der Waals surface area (Å²) in [6.07, 6.45) is -1.08. The number of nitrogens with one attached hydrogen (secondary N) is 1. The number of anilines is 1. The van der Waals surface area contributed by atoms with Crippen LogP contribution in [0.3, 0.4) is 0 Å². The molecule has 144 valence electrons. The SMILES string of the molecule is CNc1nc(SCC(C)=N/C=C(\C)c2cc(Cl)ccc2Cl)nc(C(F)F)n1. The first kappa shape index (κ1) is 21.5. The molecule has 5 nitrogen and oxygen atoms in total. The molecule has 0 amide bonds. The molecule has 1 aromatic heterocycles. The van der Waals surface area contributed by atoms with E-state index in [1.165, 1.54) is 11.8 Å². The first-order valence-corrected chi connectivity index (χ1v) is 9.54. The van der Waals surface area contributed by atoms with E-state index in [0.29, 0.717) is 15.8 Å². The molecular formula is C17H17Cl2F2N5S. The molecule has 0 unspecified atom stereocenters. The van der Waals surface area contributed by atoms with Crippen molar-refractivity contribution in [3.8, 4) is 0 Å². The predicted octanol–water partition coefficient (Wildman–Crippen LogP) is 5.77. The Balaban J connectivity index is 2.10. The smallest absolute Gasteiger partial charge is 0.297 e. The van der Waals surface area contributed by atoms with Crippen molar-refractivity contribution in [3.05, 3.63) is 45.8 Å². The molecule has 2 aromatic rings. The van der Waals surface area contributed by atoms with E-state index in [1.807, 2.05) is 13.8 Å². The molecule has 0 fully saturated rings. The fraction of sp³-hybridized carbons (Fsp3) is 0.294. The van der Waals surface area contributed by atoms with E-state index in [1.54, 1.807) is 31.4 Å². The lowest BCUT2D eigenvalue weighted by molar-refractivity contribution is 0.139. The van der Waals surface area contributed by atoms with Crippen molar-refractivity contribution in [2.75, 3.05) is 18.1 Å². The molecule has 0 saturated carbocycles. The van der Waals surface area contributed by atoms with Gasteiger partial charge in [0.05, 0.1) is 0 Å². The van der Waals surface area contributed by atoms with Gasteiger partial charge in [-0.3, -0.25) is 4.99 Å². The summed E-state index contributed by atoms with van der Waals surface area (Å²) < 4.78 is 25.7. The summed E-state index contributed by atoms with van der Waals surface area (Å²) in [6.45, 7) is 3.70. The summed E-state index contributed by atoms with van der Waals surface area (Å²) in [7, 11) is 1.56. The second-order valence-corrected chi connectivity index (χ2v) is 7.23. The zero-order chi connectivity index (χ0) is 20.0. The Morgan fingerprint density at radius 3 is 2.67 bits per heavy atom. The van der Waals surface area contributed by atoms with Gasteiger partial charge in [0.25, 0.3) is 6.43 Å². The van der Waals surface area contributed by atoms with E-state index in [4.69, 9.17) is 23.2 Å². The highest BCUT2D eigenvalue weighted by Crippen LogP contribution is 2.27. The van der Waals surface area contributed by atoms with Gasteiger partial charge < -0.3 is 5.32 Å². The van der Waals surface area contributed by atoms with Gasteiger partial charge in [-0.2, -0.15) is 9.97 Å². The Morgan fingerprint density at radius 2 is 2.00 bits per heavy atom. The summed E-state index contributed by atoms with van der Waals surface area (Å²) >= 11 is 13.4. The molecule has 10 heteroatoms. The topological polar surface area (TPSA) is 63.1 Å². The van der Waals surface area contributed by atoms with E-state index >= 15 is 0 Å². The van der Waals surface area contributed by atoms with Crippen LogP contribution in [0.15, 0.2) is 34.5 Å². The Hall–Kier alpha value is -1.77. The second-order valence-electron chi connectivity index (χ2n) is 5.44. The van der Waals surface area contributed by atoms with Crippen LogP contribution < -0.4 is 5.32 Å². The maximum Gasteiger partial charge on any atom is 0.297 e. The van der Waals surface area contributed by atoms with Crippen LogP contribution in [0.1, 0.15) is 31.7 Å². The van der Waals surface area contributed by atoms with Crippen LogP contribution >= 0.6 is 35.0 Å². The summed E-state index contributed by atoms with van der Waals surface area (Å²) in [5.41, 5.74) is 2.41. The highest BCUT2D eigenvalue weighted by atomic mass is 35.5. The molecule has 0 aliphatic carbocycles. The fourth-order valence-corrected chi connectivity index (χ4v) is 3.09. The molecule has 27 heavy (non-hydrogen) atoms. The van der Waals surface area contributed by atoms with Gasteiger partial charge in [-0.15, -0.1) is 0 Å². The van der Waals surface area contributed by atoms with Crippen LogP contribution in [0.2, 0.25) is 10.0 Å². The number of rotatable bonds is 7. The average Bonchev–Trinajstić information content (AvgIpc) is 2.65. The second kappa shape index (κ2) is 9.96. The summed E-state index contributed by atoms with van der Waals surface area (Å²) in [5, 5.41) is 4.02. The first-order valence-electron chi connectivity index (χ1n) is 7.80. The third-order valence-corrected chi connectivity index (χ3v) is 4.86. The van der Waals surface area contributed by atoms with Gasteiger partial charge in [0.15, 0.2) is 5.16 Å². The number of halogens is 4. The van der Waals surface area contributed by atoms with Crippen molar-refractivity contribution in [1.82, 2.24) is 15.0 Å². The van der Waals surface area contributed by atoms with Crippen molar-refractivity contribution in [2.45, 2.75) is 25.4 Å². The number of allylic oxidation sites excluding steroid dienone is 1. The van der Waals surface area contributed by atoms with Gasteiger partial charge >= 0.3 is 0 Å². The molecule has 1 N–H and O–H groups in total. The Bertz CT molecular complexity index is 874. The largest absolute Gasteiger partial charge is 0.357 e. The Morgan fingerprint density at radius 1 is 1.26 bits per heavy atom. The molecule has 0 radical (unpaired) electrons. The summed E-state index contributed by atoms with van der Waals surface area (Å²) in [6, 6.07) is 5.21. The van der Waals surface area contributed by atoms with Gasteiger partial charge in [-0.05, 0) is 43.2 Å². The highest BCUT2D eigenvalue weighted by Gasteiger charge is 2.15.